The molecule has 7 heteroatoms. The second-order valence-corrected chi connectivity index (χ2v) is 6.61. The van der Waals surface area contributed by atoms with Crippen molar-refractivity contribution in [1.82, 2.24) is 13.9 Å². The highest BCUT2D eigenvalue weighted by Crippen LogP contribution is 2.17. The molecule has 0 aliphatic carbocycles. The van der Waals surface area contributed by atoms with Crippen molar-refractivity contribution >= 4 is 22.6 Å². The Hall–Kier alpha value is 0.120. The molecule has 0 amide bonds. The maximum absolute atomic E-state index is 12.3. The van der Waals surface area contributed by atoms with Gasteiger partial charge in [0.1, 0.15) is 0 Å². The summed E-state index contributed by atoms with van der Waals surface area (Å²) in [6, 6.07) is 0.258. The Morgan fingerprint density at radius 1 is 1.06 bits per heavy atom. The summed E-state index contributed by atoms with van der Waals surface area (Å²) in [6.45, 7) is 5.37. The third-order valence-corrected chi connectivity index (χ3v) is 5.30. The summed E-state index contributed by atoms with van der Waals surface area (Å²) in [5.74, 6) is 0. The first-order chi connectivity index (χ1) is 7.60. The van der Waals surface area contributed by atoms with Gasteiger partial charge in [-0.25, -0.2) is 0 Å². The minimum absolute atomic E-state index is 0. The van der Waals surface area contributed by atoms with Gasteiger partial charge < -0.3 is 5.32 Å². The van der Waals surface area contributed by atoms with Crippen LogP contribution >= 0.6 is 12.4 Å². The standard InChI is InChI=1S/C10H21N3O2S.ClH/c1-10-9-13(8-5-11-10)16(14,15)12-6-3-2-4-7-12;/h10-11H,2-9H2,1H3;1H. The van der Waals surface area contributed by atoms with Crippen LogP contribution in [0.3, 0.4) is 0 Å². The van der Waals surface area contributed by atoms with Crippen molar-refractivity contribution in [2.45, 2.75) is 32.2 Å². The molecule has 0 saturated carbocycles. The van der Waals surface area contributed by atoms with E-state index in [-0.39, 0.29) is 18.4 Å². The van der Waals surface area contributed by atoms with Gasteiger partial charge in [-0.05, 0) is 19.8 Å². The van der Waals surface area contributed by atoms with Crippen LogP contribution in [0, 0.1) is 0 Å². The fraction of sp³-hybridized carbons (Fsp3) is 1.00. The molecule has 1 unspecified atom stereocenters. The molecule has 1 atom stereocenters. The number of piperazine rings is 1. The van der Waals surface area contributed by atoms with E-state index in [9.17, 15) is 8.42 Å². The average Bonchev–Trinajstić information content (AvgIpc) is 2.30. The molecule has 2 heterocycles. The number of hydrogen-bond acceptors (Lipinski definition) is 3. The van der Waals surface area contributed by atoms with Crippen molar-refractivity contribution in [1.29, 1.82) is 0 Å². The Morgan fingerprint density at radius 2 is 1.71 bits per heavy atom. The number of hydrogen-bond donors (Lipinski definition) is 1. The van der Waals surface area contributed by atoms with E-state index in [4.69, 9.17) is 0 Å². The van der Waals surface area contributed by atoms with Gasteiger partial charge in [0.15, 0.2) is 0 Å². The van der Waals surface area contributed by atoms with Gasteiger partial charge >= 0.3 is 0 Å². The van der Waals surface area contributed by atoms with Gasteiger partial charge in [-0.2, -0.15) is 17.0 Å². The fourth-order valence-corrected chi connectivity index (χ4v) is 4.15. The van der Waals surface area contributed by atoms with E-state index in [0.29, 0.717) is 26.2 Å². The molecule has 2 saturated heterocycles. The van der Waals surface area contributed by atoms with E-state index in [0.717, 1.165) is 25.8 Å². The highest BCUT2D eigenvalue weighted by Gasteiger charge is 2.32. The quantitative estimate of drug-likeness (QED) is 0.800. The summed E-state index contributed by atoms with van der Waals surface area (Å²) in [6.07, 6.45) is 3.16. The van der Waals surface area contributed by atoms with E-state index < -0.39 is 10.2 Å². The zero-order chi connectivity index (χ0) is 11.6. The van der Waals surface area contributed by atoms with Gasteiger partial charge in [0, 0.05) is 38.8 Å². The molecule has 0 spiro atoms. The zero-order valence-electron chi connectivity index (χ0n) is 10.3. The van der Waals surface area contributed by atoms with Crippen LogP contribution in [0.4, 0.5) is 0 Å². The molecule has 0 aromatic rings. The molecule has 5 nitrogen and oxygen atoms in total. The summed E-state index contributed by atoms with van der Waals surface area (Å²) in [4.78, 5) is 0. The molecule has 17 heavy (non-hydrogen) atoms. The summed E-state index contributed by atoms with van der Waals surface area (Å²) in [7, 11) is -3.19. The lowest BCUT2D eigenvalue weighted by Gasteiger charge is -2.36. The van der Waals surface area contributed by atoms with E-state index in [1.165, 1.54) is 0 Å². The molecule has 0 aromatic heterocycles. The minimum Gasteiger partial charge on any atom is -0.312 e. The number of nitrogens with one attached hydrogen (secondary N) is 1. The average molecular weight is 284 g/mol. The van der Waals surface area contributed by atoms with Gasteiger partial charge in [-0.3, -0.25) is 0 Å². The van der Waals surface area contributed by atoms with Gasteiger partial charge in [0.05, 0.1) is 0 Å². The largest absolute Gasteiger partial charge is 0.312 e. The third-order valence-electron chi connectivity index (χ3n) is 3.30. The van der Waals surface area contributed by atoms with Crippen molar-refractivity contribution in [3.05, 3.63) is 0 Å². The zero-order valence-corrected chi connectivity index (χ0v) is 11.9. The van der Waals surface area contributed by atoms with Crippen LogP contribution < -0.4 is 5.32 Å². The highest BCUT2D eigenvalue weighted by atomic mass is 35.5. The molecular formula is C10H22ClN3O2S. The lowest BCUT2D eigenvalue weighted by molar-refractivity contribution is 0.266. The Morgan fingerprint density at radius 3 is 2.29 bits per heavy atom. The molecule has 2 aliphatic heterocycles. The molecule has 102 valence electrons. The van der Waals surface area contributed by atoms with Gasteiger partial charge in [-0.15, -0.1) is 12.4 Å². The maximum Gasteiger partial charge on any atom is 0.282 e. The lowest BCUT2D eigenvalue weighted by Crippen LogP contribution is -2.55. The van der Waals surface area contributed by atoms with Gasteiger partial charge in [0.25, 0.3) is 10.2 Å². The topological polar surface area (TPSA) is 52.7 Å². The first-order valence-electron chi connectivity index (χ1n) is 6.09. The lowest BCUT2D eigenvalue weighted by atomic mass is 10.2. The Balaban J connectivity index is 0.00000144. The summed E-state index contributed by atoms with van der Waals surface area (Å²) in [5, 5.41) is 3.26. The first kappa shape index (κ1) is 15.2. The van der Waals surface area contributed by atoms with Crippen molar-refractivity contribution in [3.8, 4) is 0 Å². The van der Waals surface area contributed by atoms with E-state index >= 15 is 0 Å². The van der Waals surface area contributed by atoms with Crippen molar-refractivity contribution in [2.24, 2.45) is 0 Å². The number of rotatable bonds is 2. The van der Waals surface area contributed by atoms with Crippen LogP contribution in [0.15, 0.2) is 0 Å². The predicted octanol–water partition coefficient (Wildman–Crippen LogP) is 0.433. The molecule has 2 rings (SSSR count). The van der Waals surface area contributed by atoms with Crippen LogP contribution in [0.25, 0.3) is 0 Å². The first-order valence-corrected chi connectivity index (χ1v) is 7.49. The normalized spacial score (nSPS) is 28.6. The molecular weight excluding hydrogens is 262 g/mol. The predicted molar refractivity (Wildman–Crippen MR) is 70.6 cm³/mol. The summed E-state index contributed by atoms with van der Waals surface area (Å²) >= 11 is 0. The highest BCUT2D eigenvalue weighted by molar-refractivity contribution is 7.86. The molecule has 2 fully saturated rings. The van der Waals surface area contributed by atoms with Crippen molar-refractivity contribution in [3.63, 3.8) is 0 Å². The maximum atomic E-state index is 12.3. The third kappa shape index (κ3) is 3.54. The number of piperidine rings is 1. The summed E-state index contributed by atoms with van der Waals surface area (Å²) < 4.78 is 27.9. The molecule has 0 bridgehead atoms. The summed E-state index contributed by atoms with van der Waals surface area (Å²) in [5.41, 5.74) is 0. The van der Waals surface area contributed by atoms with Crippen LogP contribution in [0.5, 0.6) is 0 Å². The second kappa shape index (κ2) is 6.33. The van der Waals surface area contributed by atoms with E-state index in [1.807, 2.05) is 6.92 Å². The van der Waals surface area contributed by atoms with Crippen LogP contribution in [-0.4, -0.2) is 55.8 Å². The number of halogens is 1. The SMILES string of the molecule is CC1CN(S(=O)(=O)N2CCCCC2)CCN1.Cl. The van der Waals surface area contributed by atoms with Crippen LogP contribution in [0.2, 0.25) is 0 Å². The second-order valence-electron chi connectivity index (χ2n) is 4.68. The number of nitrogens with zero attached hydrogens (tertiary/aromatic N) is 2. The monoisotopic (exact) mass is 283 g/mol. The molecule has 0 radical (unpaired) electrons. The molecule has 0 aromatic carbocycles. The van der Waals surface area contributed by atoms with Crippen LogP contribution in [-0.2, 0) is 10.2 Å². The smallest absolute Gasteiger partial charge is 0.282 e. The fourth-order valence-electron chi connectivity index (χ4n) is 2.37. The molecule has 1 N–H and O–H groups in total. The van der Waals surface area contributed by atoms with E-state index in [2.05, 4.69) is 5.32 Å². The Kier molecular flexibility index (Phi) is 5.66. The van der Waals surface area contributed by atoms with Gasteiger partial charge in [0.2, 0.25) is 0 Å². The van der Waals surface area contributed by atoms with E-state index in [1.54, 1.807) is 8.61 Å². The Labute approximate surface area is 110 Å². The minimum atomic E-state index is -3.19. The molecule has 2 aliphatic rings. The van der Waals surface area contributed by atoms with Crippen LogP contribution in [0.1, 0.15) is 26.2 Å². The van der Waals surface area contributed by atoms with Crippen molar-refractivity contribution in [2.75, 3.05) is 32.7 Å². The van der Waals surface area contributed by atoms with Gasteiger partial charge in [-0.1, -0.05) is 6.42 Å². The Bertz CT molecular complexity index is 330. The van der Waals surface area contributed by atoms with Crippen molar-refractivity contribution < 1.29 is 8.42 Å².